The van der Waals surface area contributed by atoms with Crippen LogP contribution in [-0.4, -0.2) is 51.2 Å². The van der Waals surface area contributed by atoms with Gasteiger partial charge in [0.1, 0.15) is 49.0 Å². The van der Waals surface area contributed by atoms with Crippen LogP contribution < -0.4 is 15.0 Å². The standard InChI is InChI=1S/C20H19ClN2O2.C20H19ClN2OS.C19H17ClN2OS.BBr3.P2S5/c1-14-18(21)20(24)23(13-12-15-8-4-3-5-9-15)19(22-14)16-10-6-7-11-17(16)25-2;1-14-18(21)20(25)23(13-12-15-8-4-3-5-9-15)19(22-14)16-10-6-7-11-17(16)24-2;1-13-17(20)19(24)22(12-11-14-7-3-2-4-8-14)18(21-13)15-9-5-6-10-16(15)23;2-1(3)4;3-1-2-5-7-6-4/h2*3-11H,12-13H2,1-2H3;2-10,23H,11-12H2,1H3;;. The summed E-state index contributed by atoms with van der Waals surface area (Å²) in [5, 5.41) is 11.4. The molecule has 0 aliphatic carbocycles. The molecule has 0 aliphatic rings. The Labute approximate surface area is 568 Å². The summed E-state index contributed by atoms with van der Waals surface area (Å²) in [5.74, 6) is 3.59. The van der Waals surface area contributed by atoms with Crippen molar-refractivity contribution < 1.29 is 14.6 Å². The third-order valence-electron chi connectivity index (χ3n) is 12.2. The van der Waals surface area contributed by atoms with Gasteiger partial charge in [0, 0.05) is 33.7 Å². The van der Waals surface area contributed by atoms with Crippen molar-refractivity contribution in [3.05, 3.63) is 232 Å². The molecule has 9 rings (SSSR count). The smallest absolute Gasteiger partial charge is 0.369 e. The summed E-state index contributed by atoms with van der Waals surface area (Å²) in [6, 6.07) is 53.0. The van der Waals surface area contributed by atoms with Crippen LogP contribution in [0.15, 0.2) is 169 Å². The number of methoxy groups -OCH3 is 2. The van der Waals surface area contributed by atoms with Gasteiger partial charge in [0.15, 0.2) is 0 Å². The summed E-state index contributed by atoms with van der Waals surface area (Å²) >= 11 is 48.6. The van der Waals surface area contributed by atoms with Gasteiger partial charge in [0.05, 0.1) is 58.0 Å². The minimum atomic E-state index is -0.231. The van der Waals surface area contributed by atoms with Gasteiger partial charge in [-0.25, -0.2) is 15.0 Å². The molecule has 85 heavy (non-hydrogen) atoms. The van der Waals surface area contributed by atoms with Crippen LogP contribution in [0.1, 0.15) is 33.8 Å². The molecule has 0 unspecified atom stereocenters. The lowest BCUT2D eigenvalue weighted by Gasteiger charge is -2.17. The molecule has 3 aromatic heterocycles. The number of phenols is 1. The van der Waals surface area contributed by atoms with Gasteiger partial charge in [-0.15, -0.1) is 47.3 Å². The number of rotatable bonds is 15. The Balaban J connectivity index is 0.000000214. The predicted molar refractivity (Wildman–Crippen MR) is 389 cm³/mol. The Morgan fingerprint density at radius 2 is 0.871 bits per heavy atom. The van der Waals surface area contributed by atoms with Crippen LogP contribution in [0.25, 0.3) is 34.2 Å². The molecular weight excluding hydrogens is 1500 g/mol. The van der Waals surface area contributed by atoms with Crippen LogP contribution in [-0.2, 0) is 89.2 Å². The van der Waals surface area contributed by atoms with E-state index in [9.17, 15) is 9.90 Å². The fourth-order valence-corrected chi connectivity index (χ4v) is 18.8. The summed E-state index contributed by atoms with van der Waals surface area (Å²) in [5.41, 5.74) is 7.60. The van der Waals surface area contributed by atoms with Crippen LogP contribution in [0.4, 0.5) is 0 Å². The monoisotopic (exact) mass is 1550 g/mol. The number of nitrogens with zero attached hydrogens (tertiary/aromatic N) is 6. The Kier molecular flexibility index (Phi) is 32.7. The van der Waals surface area contributed by atoms with Crippen LogP contribution in [0, 0.1) is 30.1 Å². The normalized spacial score (nSPS) is 10.3. The van der Waals surface area contributed by atoms with E-state index in [1.165, 1.54) is 27.1 Å². The van der Waals surface area contributed by atoms with Crippen molar-refractivity contribution >= 4 is 174 Å². The number of aromatic hydroxyl groups is 1. The molecule has 6 aromatic carbocycles. The van der Waals surface area contributed by atoms with Gasteiger partial charge >= 0.3 is 3.18 Å². The van der Waals surface area contributed by atoms with E-state index in [1.54, 1.807) is 56.2 Å². The second-order valence-corrected chi connectivity index (χ2v) is 35.7. The molecule has 0 atom stereocenters. The predicted octanol–water partition coefficient (Wildman–Crippen LogP) is 18.7. The summed E-state index contributed by atoms with van der Waals surface area (Å²) in [7, 11) is 10.1. The first-order valence-corrected chi connectivity index (χ1v) is 38.7. The van der Waals surface area contributed by atoms with Crippen molar-refractivity contribution in [1.29, 1.82) is 0 Å². The Hall–Kier alpha value is -3.73. The van der Waals surface area contributed by atoms with Gasteiger partial charge in [-0.1, -0.05) is 187 Å². The fourth-order valence-electron chi connectivity index (χ4n) is 8.17. The van der Waals surface area contributed by atoms with E-state index in [0.717, 1.165) is 53.8 Å². The van der Waals surface area contributed by atoms with Gasteiger partial charge in [-0.05, 0) is 143 Å². The molecule has 9 aromatic rings. The van der Waals surface area contributed by atoms with E-state index >= 15 is 0 Å². The lowest BCUT2D eigenvalue weighted by Crippen LogP contribution is -2.26. The first-order chi connectivity index (χ1) is 40.9. The highest BCUT2D eigenvalue weighted by atomic mass is 79.9. The van der Waals surface area contributed by atoms with Crippen LogP contribution in [0.5, 0.6) is 17.2 Å². The number of hydrogen-bond donors (Lipinski definition) is 1. The number of halogens is 6. The maximum absolute atomic E-state index is 12.8. The first kappa shape index (κ1) is 72.0. The maximum Gasteiger partial charge on any atom is 0.369 e. The molecule has 26 heteroatoms. The third-order valence-corrected chi connectivity index (χ3v) is 24.6. The molecule has 0 bridgehead atoms. The molecule has 10 nitrogen and oxygen atoms in total. The van der Waals surface area contributed by atoms with Gasteiger partial charge in [0.2, 0.25) is 0 Å². The van der Waals surface area contributed by atoms with Crippen molar-refractivity contribution in [1.82, 2.24) is 28.7 Å². The fraction of sp³-hybridized carbons (Fsp3) is 0.186. The molecule has 0 saturated heterocycles. The zero-order valence-electron chi connectivity index (χ0n) is 46.3. The average molecular weight is 1560 g/mol. The highest BCUT2D eigenvalue weighted by Gasteiger charge is 2.19. The van der Waals surface area contributed by atoms with E-state index in [2.05, 4.69) is 104 Å². The van der Waals surface area contributed by atoms with E-state index < -0.39 is 0 Å². The second-order valence-electron chi connectivity index (χ2n) is 17.6. The number of benzene rings is 6. The Bertz CT molecular complexity index is 3860. The highest BCUT2D eigenvalue weighted by Crippen LogP contribution is 2.33. The molecule has 0 radical (unpaired) electrons. The van der Waals surface area contributed by atoms with Gasteiger partial charge in [0.25, 0.3) is 5.56 Å². The van der Waals surface area contributed by atoms with Crippen LogP contribution in [0.2, 0.25) is 15.1 Å². The van der Waals surface area contributed by atoms with Crippen molar-refractivity contribution in [3.8, 4) is 51.4 Å². The molecule has 0 amide bonds. The van der Waals surface area contributed by atoms with E-state index in [1.807, 2.05) is 150 Å². The topological polar surface area (TPSA) is 109 Å². The average Bonchev–Trinajstić information content (AvgIpc) is 3.24. The molecule has 442 valence electrons. The third kappa shape index (κ3) is 22.4. The number of phenolic OH excluding ortho intramolecular Hbond substituents is 1. The largest absolute Gasteiger partial charge is 0.507 e. The van der Waals surface area contributed by atoms with Gasteiger partial charge < -0.3 is 23.7 Å². The quantitative estimate of drug-likeness (QED) is 0.0602. The minimum Gasteiger partial charge on any atom is -0.507 e. The van der Waals surface area contributed by atoms with E-state index in [4.69, 9.17) is 73.7 Å². The second kappa shape index (κ2) is 38.6. The highest BCUT2D eigenvalue weighted by molar-refractivity contribution is 9.69. The minimum absolute atomic E-state index is 0.159. The Morgan fingerprint density at radius 3 is 1.25 bits per heavy atom. The zero-order valence-corrected chi connectivity index (χ0v) is 60.8. The van der Waals surface area contributed by atoms with Crippen molar-refractivity contribution in [2.45, 2.75) is 59.7 Å². The molecular formula is C59H55BBr3Cl3N6O4P2S7. The number of para-hydroxylation sites is 3. The summed E-state index contributed by atoms with van der Waals surface area (Å²) in [6.45, 7) is 7.26. The number of aryl methyl sites for hydroxylation is 6. The molecule has 1 N–H and O–H groups in total. The van der Waals surface area contributed by atoms with E-state index in [-0.39, 0.29) is 19.5 Å². The van der Waals surface area contributed by atoms with Crippen LogP contribution >= 0.6 is 121 Å². The van der Waals surface area contributed by atoms with Gasteiger partial charge in [-0.3, -0.25) is 9.36 Å². The number of hydrogen-bond acceptors (Lipinski definition) is 11. The number of aromatic nitrogens is 6. The zero-order chi connectivity index (χ0) is 61.8. The molecule has 0 saturated carbocycles. The van der Waals surface area contributed by atoms with Crippen LogP contribution in [0.3, 0.4) is 0 Å². The molecule has 3 heterocycles. The SMILES string of the molecule is BrB(Br)Br.COc1ccccc1-c1nc(C)c(Cl)c(=O)n1CCc1ccccc1.COc1ccccc1-c1nc(C)c(Cl)c(=S)n1CCc1ccccc1.Cc1nc(-c2ccccc2O)n(CCc2ccccc2)c(=S)c1Cl.S=PP=S=S=S=S. The van der Waals surface area contributed by atoms with Crippen molar-refractivity contribution in [3.63, 3.8) is 0 Å². The summed E-state index contributed by atoms with van der Waals surface area (Å²) in [6.07, 6.45) is 2.36. The molecule has 0 spiro atoms. The van der Waals surface area contributed by atoms with Crippen molar-refractivity contribution in [2.75, 3.05) is 14.2 Å². The molecule has 0 fully saturated rings. The summed E-state index contributed by atoms with van der Waals surface area (Å²) < 4.78 is 17.9. The van der Waals surface area contributed by atoms with Crippen molar-refractivity contribution in [2.24, 2.45) is 0 Å². The number of ether oxygens (including phenoxy) is 2. The van der Waals surface area contributed by atoms with Gasteiger partial charge in [-0.2, -0.15) is 0 Å². The van der Waals surface area contributed by atoms with E-state index in [0.29, 0.717) is 79.7 Å². The summed E-state index contributed by atoms with van der Waals surface area (Å²) in [4.78, 5) is 26.6. The Morgan fingerprint density at radius 1 is 0.541 bits per heavy atom. The maximum atomic E-state index is 12.8. The lowest BCUT2D eigenvalue weighted by atomic mass is 10.1. The lowest BCUT2D eigenvalue weighted by molar-refractivity contribution is 0.415. The molecule has 0 aliphatic heterocycles. The first-order valence-electron chi connectivity index (χ1n) is 25.5.